The van der Waals surface area contributed by atoms with Gasteiger partial charge in [-0.15, -0.1) is 0 Å². The summed E-state index contributed by atoms with van der Waals surface area (Å²) in [6, 6.07) is 2.23. The molecule has 4 nitrogen and oxygen atoms in total. The van der Waals surface area contributed by atoms with Gasteiger partial charge in [-0.05, 0) is 12.1 Å². The Bertz CT molecular complexity index is 606. The van der Waals surface area contributed by atoms with Gasteiger partial charge in [-0.3, -0.25) is 4.79 Å². The van der Waals surface area contributed by atoms with Crippen LogP contribution in [-0.4, -0.2) is 22.3 Å². The van der Waals surface area contributed by atoms with Crippen LogP contribution in [0.4, 0.5) is 4.39 Å². The van der Waals surface area contributed by atoms with E-state index in [4.69, 9.17) is 16.7 Å². The number of rotatable bonds is 2. The molecule has 2 aromatic rings. The van der Waals surface area contributed by atoms with Crippen molar-refractivity contribution in [3.8, 4) is 0 Å². The highest BCUT2D eigenvalue weighted by molar-refractivity contribution is 6.31. The van der Waals surface area contributed by atoms with Crippen molar-refractivity contribution >= 4 is 34.8 Å². The van der Waals surface area contributed by atoms with Crippen molar-refractivity contribution < 1.29 is 19.1 Å². The first-order valence-electron chi connectivity index (χ1n) is 4.23. The van der Waals surface area contributed by atoms with E-state index in [2.05, 4.69) is 4.98 Å². The molecule has 0 unspecified atom stereocenters. The van der Waals surface area contributed by atoms with Crippen LogP contribution in [0.3, 0.4) is 0 Å². The van der Waals surface area contributed by atoms with Gasteiger partial charge in [0, 0.05) is 10.9 Å². The third-order valence-corrected chi connectivity index (χ3v) is 2.49. The summed E-state index contributed by atoms with van der Waals surface area (Å²) in [6.45, 7) is 0. The van der Waals surface area contributed by atoms with Crippen LogP contribution in [0.15, 0.2) is 12.1 Å². The Morgan fingerprint density at radius 2 is 2.19 bits per heavy atom. The fourth-order valence-corrected chi connectivity index (χ4v) is 1.69. The molecule has 16 heavy (non-hydrogen) atoms. The molecule has 0 aliphatic heterocycles. The van der Waals surface area contributed by atoms with Crippen LogP contribution >= 0.6 is 11.6 Å². The fraction of sp³-hybridized carbons (Fsp3) is 0. The van der Waals surface area contributed by atoms with E-state index in [1.54, 1.807) is 0 Å². The van der Waals surface area contributed by atoms with Gasteiger partial charge in [0.15, 0.2) is 6.29 Å². The normalized spacial score (nSPS) is 10.6. The first-order valence-corrected chi connectivity index (χ1v) is 4.61. The lowest BCUT2D eigenvalue weighted by Gasteiger charge is -1.95. The van der Waals surface area contributed by atoms with Gasteiger partial charge in [-0.1, -0.05) is 11.6 Å². The zero-order chi connectivity index (χ0) is 11.9. The van der Waals surface area contributed by atoms with Crippen LogP contribution < -0.4 is 0 Å². The second-order valence-corrected chi connectivity index (χ2v) is 3.56. The summed E-state index contributed by atoms with van der Waals surface area (Å²) in [7, 11) is 0. The number of aromatic amines is 1. The van der Waals surface area contributed by atoms with E-state index in [-0.39, 0.29) is 27.2 Å². The molecule has 0 saturated carbocycles. The summed E-state index contributed by atoms with van der Waals surface area (Å²) < 4.78 is 13.1. The summed E-state index contributed by atoms with van der Waals surface area (Å²) in [5.41, 5.74) is -0.0857. The minimum atomic E-state index is -1.27. The van der Waals surface area contributed by atoms with Crippen LogP contribution in [0.2, 0.25) is 5.02 Å². The number of nitrogens with one attached hydrogen (secondary N) is 1. The average Bonchev–Trinajstić information content (AvgIpc) is 2.56. The smallest absolute Gasteiger partial charge is 0.338 e. The number of carbonyl (C=O) groups is 2. The fourth-order valence-electron chi connectivity index (χ4n) is 1.53. The van der Waals surface area contributed by atoms with E-state index >= 15 is 0 Å². The standard InChI is InChI=1S/C10H5ClFNO3/c11-5-1-4-7(2-6(5)12)13-8(3-14)9(4)10(15)16/h1-3,13H,(H,15,16). The maximum atomic E-state index is 13.1. The Morgan fingerprint density at radius 3 is 2.75 bits per heavy atom. The molecule has 2 rings (SSSR count). The topological polar surface area (TPSA) is 70.2 Å². The van der Waals surface area contributed by atoms with Gasteiger partial charge >= 0.3 is 5.97 Å². The van der Waals surface area contributed by atoms with Crippen LogP contribution in [-0.2, 0) is 0 Å². The monoisotopic (exact) mass is 241 g/mol. The van der Waals surface area contributed by atoms with Crippen molar-refractivity contribution in [2.75, 3.05) is 0 Å². The number of H-pyrrole nitrogens is 1. The largest absolute Gasteiger partial charge is 0.478 e. The molecular weight excluding hydrogens is 237 g/mol. The van der Waals surface area contributed by atoms with Gasteiger partial charge < -0.3 is 10.1 Å². The maximum absolute atomic E-state index is 13.1. The van der Waals surface area contributed by atoms with E-state index in [1.807, 2.05) is 0 Å². The molecule has 2 N–H and O–H groups in total. The van der Waals surface area contributed by atoms with Crippen LogP contribution in [0, 0.1) is 5.82 Å². The van der Waals surface area contributed by atoms with Gasteiger partial charge in [0.05, 0.1) is 16.3 Å². The van der Waals surface area contributed by atoms with Crippen LogP contribution in [0.1, 0.15) is 20.8 Å². The maximum Gasteiger partial charge on any atom is 0.338 e. The number of aldehydes is 1. The average molecular weight is 242 g/mol. The zero-order valence-electron chi connectivity index (χ0n) is 7.75. The number of hydrogen-bond acceptors (Lipinski definition) is 2. The van der Waals surface area contributed by atoms with Gasteiger partial charge in [0.2, 0.25) is 0 Å². The Hall–Kier alpha value is -1.88. The van der Waals surface area contributed by atoms with Crippen molar-refractivity contribution in [2.45, 2.75) is 0 Å². The number of fused-ring (bicyclic) bond motifs is 1. The summed E-state index contributed by atoms with van der Waals surface area (Å²) in [5.74, 6) is -1.94. The first-order chi connectivity index (χ1) is 7.54. The minimum absolute atomic E-state index is 0.107. The van der Waals surface area contributed by atoms with Crippen molar-refractivity contribution in [3.05, 3.63) is 34.2 Å². The lowest BCUT2D eigenvalue weighted by Crippen LogP contribution is -1.99. The molecule has 0 aliphatic carbocycles. The van der Waals surface area contributed by atoms with E-state index < -0.39 is 11.8 Å². The van der Waals surface area contributed by atoms with Crippen molar-refractivity contribution in [1.29, 1.82) is 0 Å². The molecule has 0 saturated heterocycles. The molecule has 0 aliphatic rings. The number of carboxylic acid groups (broad SMARTS) is 1. The van der Waals surface area contributed by atoms with E-state index in [9.17, 15) is 14.0 Å². The third kappa shape index (κ3) is 1.45. The zero-order valence-corrected chi connectivity index (χ0v) is 8.51. The van der Waals surface area contributed by atoms with E-state index in [0.717, 1.165) is 6.07 Å². The van der Waals surface area contributed by atoms with Crippen LogP contribution in [0.25, 0.3) is 10.9 Å². The number of hydrogen-bond donors (Lipinski definition) is 2. The molecular formula is C10H5ClFNO3. The van der Waals surface area contributed by atoms with E-state index in [1.165, 1.54) is 6.07 Å². The summed E-state index contributed by atoms with van der Waals surface area (Å²) >= 11 is 5.55. The van der Waals surface area contributed by atoms with Gasteiger partial charge in [0.1, 0.15) is 5.82 Å². The molecule has 1 heterocycles. The SMILES string of the molecule is O=Cc1[nH]c2cc(F)c(Cl)cc2c1C(=O)O. The van der Waals surface area contributed by atoms with Crippen molar-refractivity contribution in [1.82, 2.24) is 4.98 Å². The highest BCUT2D eigenvalue weighted by Gasteiger charge is 2.18. The Morgan fingerprint density at radius 1 is 1.50 bits per heavy atom. The number of carbonyl (C=O) groups excluding carboxylic acids is 1. The number of aromatic carboxylic acids is 1. The Labute approximate surface area is 93.6 Å². The van der Waals surface area contributed by atoms with Crippen LogP contribution in [0.5, 0.6) is 0 Å². The van der Waals surface area contributed by atoms with E-state index in [0.29, 0.717) is 6.29 Å². The molecule has 0 amide bonds. The third-order valence-electron chi connectivity index (χ3n) is 2.20. The molecule has 1 aromatic heterocycles. The molecule has 0 bridgehead atoms. The summed E-state index contributed by atoms with van der Waals surface area (Å²) in [6.07, 6.45) is 0.370. The number of carboxylic acids is 1. The highest BCUT2D eigenvalue weighted by Crippen LogP contribution is 2.27. The molecule has 0 radical (unpaired) electrons. The lowest BCUT2D eigenvalue weighted by molar-refractivity contribution is 0.0696. The molecule has 0 atom stereocenters. The highest BCUT2D eigenvalue weighted by atomic mass is 35.5. The Balaban J connectivity index is 2.90. The van der Waals surface area contributed by atoms with Crippen molar-refractivity contribution in [2.24, 2.45) is 0 Å². The first kappa shape index (κ1) is 10.6. The second kappa shape index (κ2) is 3.61. The van der Waals surface area contributed by atoms with Crippen molar-refractivity contribution in [3.63, 3.8) is 0 Å². The predicted molar refractivity (Wildman–Crippen MR) is 55.6 cm³/mol. The van der Waals surface area contributed by atoms with Gasteiger partial charge in [-0.25, -0.2) is 9.18 Å². The van der Waals surface area contributed by atoms with Gasteiger partial charge in [-0.2, -0.15) is 0 Å². The number of benzene rings is 1. The minimum Gasteiger partial charge on any atom is -0.478 e. The molecule has 82 valence electrons. The lowest BCUT2D eigenvalue weighted by atomic mass is 10.1. The summed E-state index contributed by atoms with van der Waals surface area (Å²) in [5, 5.41) is 8.95. The summed E-state index contributed by atoms with van der Waals surface area (Å²) in [4.78, 5) is 24.1. The Kier molecular flexibility index (Phi) is 2.40. The molecule has 0 fully saturated rings. The quantitative estimate of drug-likeness (QED) is 0.794. The predicted octanol–water partition coefficient (Wildman–Crippen LogP) is 2.47. The number of halogens is 2. The molecule has 0 spiro atoms. The van der Waals surface area contributed by atoms with Gasteiger partial charge in [0.25, 0.3) is 0 Å². The molecule has 6 heteroatoms. The number of aromatic nitrogens is 1. The molecule has 1 aromatic carbocycles. The second-order valence-electron chi connectivity index (χ2n) is 3.15.